The van der Waals surface area contributed by atoms with Gasteiger partial charge in [0.25, 0.3) is 0 Å². The van der Waals surface area contributed by atoms with E-state index in [2.05, 4.69) is 10.3 Å². The molecule has 1 N–H and O–H groups in total. The molecule has 7 heteroatoms. The van der Waals surface area contributed by atoms with Crippen LogP contribution in [0.15, 0.2) is 78.0 Å². The predicted octanol–water partition coefficient (Wildman–Crippen LogP) is 4.67. The molecular formula is C25H25N3O3S. The van der Waals surface area contributed by atoms with Gasteiger partial charge < -0.3 is 9.72 Å². The van der Waals surface area contributed by atoms with E-state index in [9.17, 15) is 13.2 Å². The number of amides is 1. The van der Waals surface area contributed by atoms with Crippen LogP contribution in [0, 0.1) is 6.92 Å². The molecule has 0 unspecified atom stereocenters. The second kappa shape index (κ2) is 8.59. The maximum Gasteiger partial charge on any atom is 0.228 e. The van der Waals surface area contributed by atoms with E-state index >= 15 is 0 Å². The SMILES string of the molecule is Cc1ccn2cc(-c3ccc(NC(=O)Cc4ccc(S(=O)(=O)C(C)C)cc4)cc3)nc2c1. The fourth-order valence-corrected chi connectivity index (χ4v) is 4.47. The van der Waals surface area contributed by atoms with Crippen molar-refractivity contribution in [1.82, 2.24) is 9.38 Å². The molecule has 0 saturated carbocycles. The van der Waals surface area contributed by atoms with Gasteiger partial charge >= 0.3 is 0 Å². The van der Waals surface area contributed by atoms with Crippen molar-refractivity contribution in [3.05, 3.63) is 84.2 Å². The molecule has 6 nitrogen and oxygen atoms in total. The Morgan fingerprint density at radius 2 is 1.72 bits per heavy atom. The van der Waals surface area contributed by atoms with Crippen LogP contribution in [-0.4, -0.2) is 29.0 Å². The highest BCUT2D eigenvalue weighted by Crippen LogP contribution is 2.22. The average molecular weight is 448 g/mol. The highest BCUT2D eigenvalue weighted by atomic mass is 32.2. The highest BCUT2D eigenvalue weighted by Gasteiger charge is 2.18. The smallest absolute Gasteiger partial charge is 0.228 e. The number of fused-ring (bicyclic) bond motifs is 1. The van der Waals surface area contributed by atoms with Crippen LogP contribution < -0.4 is 5.32 Å². The van der Waals surface area contributed by atoms with Crippen molar-refractivity contribution in [2.45, 2.75) is 37.3 Å². The minimum absolute atomic E-state index is 0.162. The first kappa shape index (κ1) is 21.8. The summed E-state index contributed by atoms with van der Waals surface area (Å²) in [7, 11) is -3.32. The molecule has 32 heavy (non-hydrogen) atoms. The zero-order valence-electron chi connectivity index (χ0n) is 18.2. The molecule has 1 amide bonds. The van der Waals surface area contributed by atoms with Gasteiger partial charge in [0.2, 0.25) is 5.91 Å². The molecule has 2 aromatic heterocycles. The van der Waals surface area contributed by atoms with E-state index in [0.717, 1.165) is 28.0 Å². The number of rotatable bonds is 6. The standard InChI is InChI=1S/C25H25N3O3S/c1-17(2)32(30,31)22-10-4-19(5-11-22)15-25(29)26-21-8-6-20(7-9-21)23-16-28-13-12-18(3)14-24(28)27-23/h4-14,16-17H,15H2,1-3H3,(H,26,29). The topological polar surface area (TPSA) is 80.5 Å². The Hall–Kier alpha value is -3.45. The van der Waals surface area contributed by atoms with Crippen LogP contribution in [0.25, 0.3) is 16.9 Å². The lowest BCUT2D eigenvalue weighted by atomic mass is 10.1. The number of hydrogen-bond donors (Lipinski definition) is 1. The average Bonchev–Trinajstić information content (AvgIpc) is 3.17. The number of benzene rings is 2. The van der Waals surface area contributed by atoms with E-state index in [-0.39, 0.29) is 17.2 Å². The van der Waals surface area contributed by atoms with Crippen LogP contribution >= 0.6 is 0 Å². The molecule has 0 spiro atoms. The van der Waals surface area contributed by atoms with Gasteiger partial charge in [-0.3, -0.25) is 4.79 Å². The van der Waals surface area contributed by atoms with Crippen LogP contribution in [0.5, 0.6) is 0 Å². The van der Waals surface area contributed by atoms with E-state index in [1.807, 2.05) is 60.1 Å². The van der Waals surface area contributed by atoms with Crippen molar-refractivity contribution in [1.29, 1.82) is 0 Å². The molecule has 0 aliphatic heterocycles. The van der Waals surface area contributed by atoms with Gasteiger partial charge in [-0.2, -0.15) is 0 Å². The van der Waals surface area contributed by atoms with Crippen molar-refractivity contribution in [2.24, 2.45) is 0 Å². The molecule has 4 aromatic rings. The molecule has 0 aliphatic rings. The number of sulfone groups is 1. The van der Waals surface area contributed by atoms with Gasteiger partial charge in [-0.05, 0) is 68.3 Å². The Balaban J connectivity index is 1.41. The first-order valence-corrected chi connectivity index (χ1v) is 12.0. The summed E-state index contributed by atoms with van der Waals surface area (Å²) >= 11 is 0. The zero-order chi connectivity index (χ0) is 22.9. The fraction of sp³-hybridized carbons (Fsp3) is 0.200. The monoisotopic (exact) mass is 447 g/mol. The predicted molar refractivity (Wildman–Crippen MR) is 126 cm³/mol. The maximum absolute atomic E-state index is 12.4. The third-order valence-corrected chi connectivity index (χ3v) is 7.49. The summed E-state index contributed by atoms with van der Waals surface area (Å²) in [6, 6.07) is 18.1. The van der Waals surface area contributed by atoms with Crippen molar-refractivity contribution in [3.8, 4) is 11.3 Å². The van der Waals surface area contributed by atoms with Crippen molar-refractivity contribution in [2.75, 3.05) is 5.32 Å². The first-order valence-electron chi connectivity index (χ1n) is 10.4. The molecule has 2 heterocycles. The normalized spacial score (nSPS) is 11.8. The number of aromatic nitrogens is 2. The number of anilines is 1. The molecule has 4 rings (SSSR count). The Kier molecular flexibility index (Phi) is 5.84. The van der Waals surface area contributed by atoms with E-state index in [0.29, 0.717) is 5.69 Å². The van der Waals surface area contributed by atoms with Gasteiger partial charge in [-0.25, -0.2) is 13.4 Å². The lowest BCUT2D eigenvalue weighted by Crippen LogP contribution is -2.15. The third kappa shape index (κ3) is 4.57. The summed E-state index contributed by atoms with van der Waals surface area (Å²) in [6.07, 6.45) is 4.13. The lowest BCUT2D eigenvalue weighted by Gasteiger charge is -2.09. The summed E-state index contributed by atoms with van der Waals surface area (Å²) in [5.41, 5.74) is 5.32. The second-order valence-corrected chi connectivity index (χ2v) is 10.6. The summed E-state index contributed by atoms with van der Waals surface area (Å²) in [5.74, 6) is -0.166. The van der Waals surface area contributed by atoms with Crippen LogP contribution in [0.1, 0.15) is 25.0 Å². The van der Waals surface area contributed by atoms with Gasteiger partial charge in [0, 0.05) is 23.6 Å². The van der Waals surface area contributed by atoms with Crippen molar-refractivity contribution in [3.63, 3.8) is 0 Å². The third-order valence-electron chi connectivity index (χ3n) is 5.32. The van der Waals surface area contributed by atoms with E-state index in [1.54, 1.807) is 38.1 Å². The molecule has 0 saturated heterocycles. The molecule has 0 aliphatic carbocycles. The number of nitrogens with one attached hydrogen (secondary N) is 1. The van der Waals surface area contributed by atoms with Crippen LogP contribution in [0.3, 0.4) is 0 Å². The molecule has 164 valence electrons. The quantitative estimate of drug-likeness (QED) is 0.466. The maximum atomic E-state index is 12.4. The molecule has 2 aromatic carbocycles. The number of hydrogen-bond acceptors (Lipinski definition) is 4. The van der Waals surface area contributed by atoms with Crippen molar-refractivity contribution < 1.29 is 13.2 Å². The highest BCUT2D eigenvalue weighted by molar-refractivity contribution is 7.92. The van der Waals surface area contributed by atoms with Gasteiger partial charge in [-0.1, -0.05) is 24.3 Å². The summed E-state index contributed by atoms with van der Waals surface area (Å²) in [6.45, 7) is 5.34. The summed E-state index contributed by atoms with van der Waals surface area (Å²) in [5, 5.41) is 2.40. The molecule has 0 fully saturated rings. The number of pyridine rings is 1. The fourth-order valence-electron chi connectivity index (χ4n) is 3.41. The first-order chi connectivity index (χ1) is 15.2. The molecule has 0 radical (unpaired) electrons. The second-order valence-electron chi connectivity index (χ2n) is 8.14. The van der Waals surface area contributed by atoms with E-state index < -0.39 is 15.1 Å². The number of carbonyl (C=O) groups excluding carboxylic acids is 1. The van der Waals surface area contributed by atoms with Crippen LogP contribution in [0.4, 0.5) is 5.69 Å². The van der Waals surface area contributed by atoms with Gasteiger partial charge in [0.05, 0.1) is 22.3 Å². The Labute approximate surface area is 187 Å². The van der Waals surface area contributed by atoms with Gasteiger partial charge in [0.15, 0.2) is 9.84 Å². The van der Waals surface area contributed by atoms with E-state index in [4.69, 9.17) is 0 Å². The minimum atomic E-state index is -3.32. The zero-order valence-corrected chi connectivity index (χ0v) is 19.1. The van der Waals surface area contributed by atoms with Gasteiger partial charge in [-0.15, -0.1) is 0 Å². The van der Waals surface area contributed by atoms with Crippen LogP contribution in [-0.2, 0) is 21.1 Å². The minimum Gasteiger partial charge on any atom is -0.326 e. The number of carbonyl (C=O) groups is 1. The lowest BCUT2D eigenvalue weighted by molar-refractivity contribution is -0.115. The molecular weight excluding hydrogens is 422 g/mol. The largest absolute Gasteiger partial charge is 0.326 e. The summed E-state index contributed by atoms with van der Waals surface area (Å²) < 4.78 is 26.4. The van der Waals surface area contributed by atoms with Gasteiger partial charge in [0.1, 0.15) is 5.65 Å². The molecule has 0 atom stereocenters. The van der Waals surface area contributed by atoms with Crippen molar-refractivity contribution >= 4 is 27.1 Å². The number of aryl methyl sites for hydroxylation is 1. The number of imidazole rings is 1. The Morgan fingerprint density at radius 3 is 2.38 bits per heavy atom. The van der Waals surface area contributed by atoms with Crippen LogP contribution in [0.2, 0.25) is 0 Å². The summed E-state index contributed by atoms with van der Waals surface area (Å²) in [4.78, 5) is 17.4. The Bertz CT molecular complexity index is 1370. The molecule has 0 bridgehead atoms. The number of nitrogens with zero attached hydrogens (tertiary/aromatic N) is 2. The van der Waals surface area contributed by atoms with E-state index in [1.165, 1.54) is 0 Å². The Morgan fingerprint density at radius 1 is 1.03 bits per heavy atom.